The van der Waals surface area contributed by atoms with Gasteiger partial charge >= 0.3 is 0 Å². The highest BCUT2D eigenvalue weighted by atomic mass is 79.9. The maximum atomic E-state index is 12.8. The van der Waals surface area contributed by atoms with E-state index in [1.54, 1.807) is 23.5 Å². The van der Waals surface area contributed by atoms with E-state index in [0.29, 0.717) is 16.1 Å². The largest absolute Gasteiger partial charge is 0.397 e. The Morgan fingerprint density at radius 3 is 2.58 bits per heavy atom. The zero-order valence-corrected chi connectivity index (χ0v) is 15.5. The predicted octanol–water partition coefficient (Wildman–Crippen LogP) is 5.60. The van der Waals surface area contributed by atoms with Crippen LogP contribution in [0.15, 0.2) is 58.4 Å². The van der Waals surface area contributed by atoms with Gasteiger partial charge in [-0.2, -0.15) is 0 Å². The molecule has 3 heterocycles. The minimum absolute atomic E-state index is 0.0688. The molecule has 4 rings (SSSR count). The number of anilines is 1. The molecule has 118 valence electrons. The topological polar surface area (TPSA) is 56.0 Å². The van der Waals surface area contributed by atoms with Crippen LogP contribution >= 0.6 is 38.6 Å². The molecule has 0 radical (unpaired) electrons. The summed E-state index contributed by atoms with van der Waals surface area (Å²) in [6, 6.07) is 15.2. The summed E-state index contributed by atoms with van der Waals surface area (Å²) < 4.78 is 0.936. The van der Waals surface area contributed by atoms with E-state index in [4.69, 9.17) is 5.73 Å². The number of thiophene rings is 2. The molecule has 3 aromatic heterocycles. The van der Waals surface area contributed by atoms with Gasteiger partial charge in [-0.3, -0.25) is 4.79 Å². The van der Waals surface area contributed by atoms with Crippen molar-refractivity contribution >= 4 is 60.3 Å². The molecule has 0 aliphatic rings. The Labute approximate surface area is 154 Å². The van der Waals surface area contributed by atoms with E-state index in [9.17, 15) is 4.79 Å². The maximum absolute atomic E-state index is 12.8. The summed E-state index contributed by atoms with van der Waals surface area (Å²) in [6.45, 7) is 0. The van der Waals surface area contributed by atoms with Gasteiger partial charge in [0, 0.05) is 15.4 Å². The van der Waals surface area contributed by atoms with Crippen molar-refractivity contribution in [3.63, 3.8) is 0 Å². The molecule has 0 amide bonds. The fraction of sp³-hybridized carbons (Fsp3) is 0. The third kappa shape index (κ3) is 2.66. The number of aromatic nitrogens is 1. The molecule has 0 spiro atoms. The molecule has 0 atom stereocenters. The van der Waals surface area contributed by atoms with Crippen molar-refractivity contribution in [2.24, 2.45) is 0 Å². The predicted molar refractivity (Wildman–Crippen MR) is 105 cm³/mol. The van der Waals surface area contributed by atoms with Gasteiger partial charge in [-0.25, -0.2) is 4.98 Å². The van der Waals surface area contributed by atoms with E-state index in [-0.39, 0.29) is 5.78 Å². The summed E-state index contributed by atoms with van der Waals surface area (Å²) in [6.07, 6.45) is 0. The minimum Gasteiger partial charge on any atom is -0.397 e. The lowest BCUT2D eigenvalue weighted by molar-refractivity contribution is 0.104. The third-order valence-electron chi connectivity index (χ3n) is 3.68. The molecule has 0 aliphatic heterocycles. The summed E-state index contributed by atoms with van der Waals surface area (Å²) in [4.78, 5) is 19.9. The van der Waals surface area contributed by atoms with Crippen LogP contribution in [-0.2, 0) is 0 Å². The fourth-order valence-electron chi connectivity index (χ4n) is 2.46. The number of hydrogen-bond acceptors (Lipinski definition) is 5. The van der Waals surface area contributed by atoms with Crippen LogP contribution in [0.4, 0.5) is 5.69 Å². The maximum Gasteiger partial charge on any atom is 0.205 e. The van der Waals surface area contributed by atoms with Crippen molar-refractivity contribution < 1.29 is 4.79 Å². The van der Waals surface area contributed by atoms with Gasteiger partial charge < -0.3 is 5.73 Å². The van der Waals surface area contributed by atoms with Crippen LogP contribution in [-0.4, -0.2) is 10.8 Å². The van der Waals surface area contributed by atoms with E-state index in [0.717, 1.165) is 25.3 Å². The number of nitrogen functional groups attached to an aromatic ring is 1. The Kier molecular flexibility index (Phi) is 3.96. The molecule has 0 saturated carbocycles. The number of carbonyl (C=O) groups is 1. The van der Waals surface area contributed by atoms with E-state index in [1.807, 2.05) is 41.8 Å². The molecule has 2 N–H and O–H groups in total. The normalized spacial score (nSPS) is 11.0. The second-order valence-corrected chi connectivity index (χ2v) is 8.07. The molecule has 0 bridgehead atoms. The van der Waals surface area contributed by atoms with Gasteiger partial charge in [0.25, 0.3) is 0 Å². The van der Waals surface area contributed by atoms with Gasteiger partial charge in [0.2, 0.25) is 5.78 Å². The molecule has 24 heavy (non-hydrogen) atoms. The van der Waals surface area contributed by atoms with Gasteiger partial charge in [0.15, 0.2) is 0 Å². The number of rotatable bonds is 3. The Hall–Kier alpha value is -2.02. The lowest BCUT2D eigenvalue weighted by atomic mass is 10.1. The van der Waals surface area contributed by atoms with Crippen molar-refractivity contribution in [2.75, 3.05) is 5.73 Å². The lowest BCUT2D eigenvalue weighted by Crippen LogP contribution is -2.01. The van der Waals surface area contributed by atoms with Gasteiger partial charge in [0.1, 0.15) is 9.71 Å². The standard InChI is InChI=1S/C18H11BrN2OS2/c19-11-5-3-10(4-6-11)16(22)17-15(20)12-7-8-13(21-18(12)24-17)14-2-1-9-23-14/h1-9H,20H2. The zero-order chi connectivity index (χ0) is 16.7. The van der Waals surface area contributed by atoms with Crippen molar-refractivity contribution in [3.05, 3.63) is 68.8 Å². The number of pyridine rings is 1. The first-order valence-electron chi connectivity index (χ1n) is 7.16. The molecule has 0 unspecified atom stereocenters. The molecule has 0 saturated heterocycles. The molecule has 0 aliphatic carbocycles. The van der Waals surface area contributed by atoms with Gasteiger partial charge in [-0.15, -0.1) is 22.7 Å². The SMILES string of the molecule is Nc1c(C(=O)c2ccc(Br)cc2)sc2nc(-c3cccs3)ccc12. The molecular formula is C18H11BrN2OS2. The van der Waals surface area contributed by atoms with E-state index >= 15 is 0 Å². The minimum atomic E-state index is -0.0688. The zero-order valence-electron chi connectivity index (χ0n) is 12.3. The van der Waals surface area contributed by atoms with Crippen LogP contribution < -0.4 is 5.73 Å². The molecule has 0 fully saturated rings. The molecule has 6 heteroatoms. The molecule has 3 nitrogen and oxygen atoms in total. The average molecular weight is 415 g/mol. The second-order valence-electron chi connectivity index (χ2n) is 5.21. The fourth-order valence-corrected chi connectivity index (χ4v) is 4.48. The Morgan fingerprint density at radius 1 is 1.08 bits per heavy atom. The van der Waals surface area contributed by atoms with Gasteiger partial charge in [0.05, 0.1) is 16.3 Å². The number of carbonyl (C=O) groups excluding carboxylic acids is 1. The van der Waals surface area contributed by atoms with Crippen LogP contribution in [0.1, 0.15) is 15.2 Å². The molecule has 4 aromatic rings. The smallest absolute Gasteiger partial charge is 0.205 e. The van der Waals surface area contributed by atoms with Crippen LogP contribution in [0, 0.1) is 0 Å². The van der Waals surface area contributed by atoms with Gasteiger partial charge in [-0.1, -0.05) is 22.0 Å². The summed E-state index contributed by atoms with van der Waals surface area (Å²) in [5.41, 5.74) is 8.25. The number of fused-ring (bicyclic) bond motifs is 1. The highest BCUT2D eigenvalue weighted by molar-refractivity contribution is 9.10. The quantitative estimate of drug-likeness (QED) is 0.443. The lowest BCUT2D eigenvalue weighted by Gasteiger charge is -2.00. The van der Waals surface area contributed by atoms with Crippen LogP contribution in [0.3, 0.4) is 0 Å². The van der Waals surface area contributed by atoms with Crippen LogP contribution in [0.25, 0.3) is 20.8 Å². The average Bonchev–Trinajstić information content (AvgIpc) is 3.23. The van der Waals surface area contributed by atoms with Crippen molar-refractivity contribution in [1.29, 1.82) is 0 Å². The first kappa shape index (κ1) is 15.5. The van der Waals surface area contributed by atoms with E-state index < -0.39 is 0 Å². The molecule has 1 aromatic carbocycles. The van der Waals surface area contributed by atoms with Crippen molar-refractivity contribution in [3.8, 4) is 10.6 Å². The second kappa shape index (κ2) is 6.12. The third-order valence-corrected chi connectivity index (χ3v) is 6.22. The van der Waals surface area contributed by atoms with Crippen LogP contribution in [0.2, 0.25) is 0 Å². The number of halogens is 1. The van der Waals surface area contributed by atoms with E-state index in [1.165, 1.54) is 11.3 Å². The van der Waals surface area contributed by atoms with E-state index in [2.05, 4.69) is 20.9 Å². The Bertz CT molecular complexity index is 1040. The van der Waals surface area contributed by atoms with Crippen molar-refractivity contribution in [2.45, 2.75) is 0 Å². The highest BCUT2D eigenvalue weighted by Gasteiger charge is 2.19. The van der Waals surface area contributed by atoms with Gasteiger partial charge in [-0.05, 0) is 47.8 Å². The monoisotopic (exact) mass is 414 g/mol. The summed E-state index contributed by atoms with van der Waals surface area (Å²) in [5.74, 6) is -0.0688. The highest BCUT2D eigenvalue weighted by Crippen LogP contribution is 2.36. The van der Waals surface area contributed by atoms with Crippen molar-refractivity contribution in [1.82, 2.24) is 4.98 Å². The first-order chi connectivity index (χ1) is 11.6. The Balaban J connectivity index is 1.80. The summed E-state index contributed by atoms with van der Waals surface area (Å²) in [5, 5.41) is 2.85. The number of ketones is 1. The number of benzene rings is 1. The number of nitrogens with zero attached hydrogens (tertiary/aromatic N) is 1. The number of hydrogen-bond donors (Lipinski definition) is 1. The molecular weight excluding hydrogens is 404 g/mol. The summed E-state index contributed by atoms with van der Waals surface area (Å²) in [7, 11) is 0. The first-order valence-corrected chi connectivity index (χ1v) is 9.65. The Morgan fingerprint density at radius 2 is 1.88 bits per heavy atom. The number of nitrogens with two attached hydrogens (primary N) is 1. The summed E-state index contributed by atoms with van der Waals surface area (Å²) >= 11 is 6.37. The van der Waals surface area contributed by atoms with Crippen LogP contribution in [0.5, 0.6) is 0 Å².